The molecule has 1 atom stereocenters. The lowest BCUT2D eigenvalue weighted by molar-refractivity contribution is -0.161. The number of esters is 2. The second kappa shape index (κ2) is 35.4. The van der Waals surface area contributed by atoms with Gasteiger partial charge in [0.25, 0.3) is 0 Å². The molecule has 8 nitrogen and oxygen atoms in total. The van der Waals surface area contributed by atoms with Crippen LogP contribution in [0.15, 0.2) is 24.3 Å². The molecule has 0 bridgehead atoms. The van der Waals surface area contributed by atoms with Crippen molar-refractivity contribution in [2.75, 3.05) is 13.2 Å². The van der Waals surface area contributed by atoms with E-state index < -0.39 is 32.5 Å². The second-order valence-corrected chi connectivity index (χ2v) is 14.5. The van der Waals surface area contributed by atoms with Crippen LogP contribution in [0.2, 0.25) is 0 Å². The maximum atomic E-state index is 12.4. The Labute approximate surface area is 294 Å². The number of hydrogen-bond acceptors (Lipinski definition) is 6. The van der Waals surface area contributed by atoms with Gasteiger partial charge in [0.05, 0.1) is 6.61 Å². The van der Waals surface area contributed by atoms with Gasteiger partial charge in [-0.15, -0.1) is 0 Å². The van der Waals surface area contributed by atoms with Gasteiger partial charge < -0.3 is 19.3 Å². The van der Waals surface area contributed by atoms with Crippen LogP contribution < -0.4 is 0 Å². The average Bonchev–Trinajstić information content (AvgIpc) is 3.05. The third kappa shape index (κ3) is 37.4. The van der Waals surface area contributed by atoms with Crippen molar-refractivity contribution in [3.63, 3.8) is 0 Å². The lowest BCUT2D eigenvalue weighted by atomic mass is 10.1. The van der Waals surface area contributed by atoms with Crippen LogP contribution in [0.25, 0.3) is 0 Å². The first-order valence-corrected chi connectivity index (χ1v) is 21.2. The molecular weight excluding hydrogens is 627 g/mol. The third-order valence-corrected chi connectivity index (χ3v) is 8.94. The molecule has 0 aromatic heterocycles. The molecule has 0 aliphatic carbocycles. The molecule has 0 aromatic carbocycles. The van der Waals surface area contributed by atoms with Crippen LogP contribution >= 0.6 is 7.82 Å². The molecular formula is C39H73O8P. The van der Waals surface area contributed by atoms with Crippen LogP contribution in [-0.4, -0.2) is 41.0 Å². The lowest BCUT2D eigenvalue weighted by Crippen LogP contribution is -2.29. The summed E-state index contributed by atoms with van der Waals surface area (Å²) in [5.74, 6) is -0.947. The summed E-state index contributed by atoms with van der Waals surface area (Å²) in [6.07, 6.45) is 39.1. The van der Waals surface area contributed by atoms with Gasteiger partial charge in [-0.2, -0.15) is 0 Å². The Morgan fingerprint density at radius 3 is 1.35 bits per heavy atom. The van der Waals surface area contributed by atoms with E-state index in [9.17, 15) is 14.2 Å². The predicted molar refractivity (Wildman–Crippen MR) is 198 cm³/mol. The SMILES string of the molecule is CCCCCCCC/C=C/CCCCCCCC(=O)O[C@H](COC(=O)CC/C=C/CCCCCCCCCCCCC)COP(=O)(O)O. The highest BCUT2D eigenvalue weighted by molar-refractivity contribution is 7.46. The second-order valence-electron chi connectivity index (χ2n) is 13.2. The van der Waals surface area contributed by atoms with E-state index in [1.807, 2.05) is 6.08 Å². The van der Waals surface area contributed by atoms with E-state index in [0.29, 0.717) is 12.8 Å². The highest BCUT2D eigenvalue weighted by Gasteiger charge is 2.22. The van der Waals surface area contributed by atoms with Crippen molar-refractivity contribution in [1.82, 2.24) is 0 Å². The minimum Gasteiger partial charge on any atom is -0.462 e. The zero-order valence-electron chi connectivity index (χ0n) is 30.9. The highest BCUT2D eigenvalue weighted by atomic mass is 31.2. The number of carbonyl (C=O) groups is 2. The van der Waals surface area contributed by atoms with E-state index in [1.54, 1.807) is 0 Å². The van der Waals surface area contributed by atoms with Crippen molar-refractivity contribution < 1.29 is 37.9 Å². The fraction of sp³-hybridized carbons (Fsp3) is 0.846. The van der Waals surface area contributed by atoms with Gasteiger partial charge >= 0.3 is 19.8 Å². The number of unbranched alkanes of at least 4 members (excludes halogenated alkanes) is 22. The molecule has 0 unspecified atom stereocenters. The van der Waals surface area contributed by atoms with Crippen molar-refractivity contribution in [3.05, 3.63) is 24.3 Å². The van der Waals surface area contributed by atoms with Gasteiger partial charge in [-0.25, -0.2) is 4.57 Å². The Balaban J connectivity index is 3.99. The van der Waals surface area contributed by atoms with Crippen LogP contribution in [-0.2, 0) is 28.2 Å². The molecule has 0 aliphatic heterocycles. The van der Waals surface area contributed by atoms with Gasteiger partial charge in [0, 0.05) is 12.8 Å². The summed E-state index contributed by atoms with van der Waals surface area (Å²) in [6, 6.07) is 0. The van der Waals surface area contributed by atoms with Crippen molar-refractivity contribution in [3.8, 4) is 0 Å². The van der Waals surface area contributed by atoms with Gasteiger partial charge in [-0.1, -0.05) is 154 Å². The Morgan fingerprint density at radius 1 is 0.521 bits per heavy atom. The van der Waals surface area contributed by atoms with Gasteiger partial charge in [-0.05, 0) is 51.4 Å². The van der Waals surface area contributed by atoms with Crippen LogP contribution in [0.3, 0.4) is 0 Å². The standard InChI is InChI=1S/C39H73O8P/c1-3-5-7-9-11-13-15-17-19-21-23-25-27-29-31-33-38(40)45-35-37(36-46-48(42,43)44)47-39(41)34-32-30-28-26-24-22-20-18-16-14-12-10-8-6-4-2/h18,20,27,29,37H,3-17,19,21-26,28,30-36H2,1-2H3,(H2,42,43,44)/b20-18+,29-27+/t37-/m1/s1. The first-order chi connectivity index (χ1) is 23.3. The summed E-state index contributed by atoms with van der Waals surface area (Å²) in [4.78, 5) is 42.7. The molecule has 0 spiro atoms. The summed E-state index contributed by atoms with van der Waals surface area (Å²) < 4.78 is 26.3. The van der Waals surface area contributed by atoms with E-state index in [0.717, 1.165) is 44.9 Å². The molecule has 0 aliphatic rings. The number of phosphoric ester groups is 1. The summed E-state index contributed by atoms with van der Waals surface area (Å²) in [5, 5.41) is 0. The van der Waals surface area contributed by atoms with Crippen LogP contribution in [0.1, 0.15) is 194 Å². The average molecular weight is 701 g/mol. The molecule has 0 aromatic rings. The van der Waals surface area contributed by atoms with Crippen LogP contribution in [0.5, 0.6) is 0 Å². The van der Waals surface area contributed by atoms with Crippen molar-refractivity contribution in [1.29, 1.82) is 0 Å². The summed E-state index contributed by atoms with van der Waals surface area (Å²) in [5.41, 5.74) is 0. The monoisotopic (exact) mass is 701 g/mol. The van der Waals surface area contributed by atoms with Crippen LogP contribution in [0, 0.1) is 0 Å². The molecule has 9 heteroatoms. The number of allylic oxidation sites excluding steroid dienone is 4. The van der Waals surface area contributed by atoms with E-state index in [1.165, 1.54) is 109 Å². The van der Waals surface area contributed by atoms with E-state index in [2.05, 4.69) is 36.6 Å². The molecule has 2 N–H and O–H groups in total. The number of ether oxygens (including phenoxy) is 2. The number of rotatable bonds is 36. The maximum absolute atomic E-state index is 12.4. The molecule has 282 valence electrons. The molecule has 0 saturated carbocycles. The molecule has 0 fully saturated rings. The van der Waals surface area contributed by atoms with Crippen molar-refractivity contribution >= 4 is 19.8 Å². The Kier molecular flexibility index (Phi) is 34.3. The predicted octanol–water partition coefficient (Wildman–Crippen LogP) is 11.6. The fourth-order valence-corrected chi connectivity index (χ4v) is 5.86. The lowest BCUT2D eigenvalue weighted by Gasteiger charge is -2.18. The van der Waals surface area contributed by atoms with Gasteiger partial charge in [0.2, 0.25) is 0 Å². The minimum atomic E-state index is -4.76. The maximum Gasteiger partial charge on any atom is 0.469 e. The van der Waals surface area contributed by atoms with Gasteiger partial charge in [0.15, 0.2) is 6.10 Å². The smallest absolute Gasteiger partial charge is 0.462 e. The Morgan fingerprint density at radius 2 is 0.917 bits per heavy atom. The van der Waals surface area contributed by atoms with Gasteiger partial charge in [0.1, 0.15) is 6.61 Å². The third-order valence-electron chi connectivity index (χ3n) is 8.46. The van der Waals surface area contributed by atoms with Crippen LogP contribution in [0.4, 0.5) is 0 Å². The molecule has 0 radical (unpaired) electrons. The van der Waals surface area contributed by atoms with Crippen molar-refractivity contribution in [2.24, 2.45) is 0 Å². The molecule has 0 saturated heterocycles. The van der Waals surface area contributed by atoms with E-state index >= 15 is 0 Å². The van der Waals surface area contributed by atoms with Crippen molar-refractivity contribution in [2.45, 2.75) is 200 Å². The molecule has 0 heterocycles. The number of phosphoric acid groups is 1. The topological polar surface area (TPSA) is 119 Å². The first kappa shape index (κ1) is 46.5. The van der Waals surface area contributed by atoms with E-state index in [4.69, 9.17) is 19.3 Å². The Bertz CT molecular complexity index is 838. The summed E-state index contributed by atoms with van der Waals surface area (Å²) in [6.45, 7) is 3.64. The molecule has 0 rings (SSSR count). The van der Waals surface area contributed by atoms with E-state index in [-0.39, 0.29) is 19.4 Å². The highest BCUT2D eigenvalue weighted by Crippen LogP contribution is 2.36. The largest absolute Gasteiger partial charge is 0.469 e. The quantitative estimate of drug-likeness (QED) is 0.0287. The van der Waals surface area contributed by atoms with Gasteiger partial charge in [-0.3, -0.25) is 14.1 Å². The minimum absolute atomic E-state index is 0.184. The molecule has 0 amide bonds. The summed E-state index contributed by atoms with van der Waals surface area (Å²) in [7, 11) is -4.76. The molecule has 48 heavy (non-hydrogen) atoms. The summed E-state index contributed by atoms with van der Waals surface area (Å²) >= 11 is 0. The first-order valence-electron chi connectivity index (χ1n) is 19.6. The fourth-order valence-electron chi connectivity index (χ4n) is 5.50. The zero-order valence-corrected chi connectivity index (χ0v) is 31.8. The normalized spacial score (nSPS) is 12.7. The Hall–Kier alpha value is -1.47. The number of hydrogen-bond donors (Lipinski definition) is 2. The zero-order chi connectivity index (χ0) is 35.4. The number of carbonyl (C=O) groups excluding carboxylic acids is 2.